The maximum absolute atomic E-state index is 12.2. The minimum absolute atomic E-state index is 0.217. The van der Waals surface area contributed by atoms with E-state index in [2.05, 4.69) is 20.8 Å². The second-order valence-electron chi connectivity index (χ2n) is 5.84. The molecular weight excluding hydrogens is 312 g/mol. The molecule has 1 aliphatic heterocycles. The van der Waals surface area contributed by atoms with Crippen molar-refractivity contribution in [3.8, 4) is 0 Å². The fourth-order valence-electron chi connectivity index (χ4n) is 2.82. The van der Waals surface area contributed by atoms with Crippen molar-refractivity contribution in [2.45, 2.75) is 32.2 Å². The Bertz CT molecular complexity index is 634. The Hall–Kier alpha value is -2.35. The summed E-state index contributed by atoms with van der Waals surface area (Å²) in [4.78, 5) is 16.5. The van der Waals surface area contributed by atoms with Gasteiger partial charge in [0.05, 0.1) is 6.26 Å². The molecule has 8 nitrogen and oxygen atoms in total. The summed E-state index contributed by atoms with van der Waals surface area (Å²) >= 11 is 0. The smallest absolute Gasteiger partial charge is 0.315 e. The molecule has 1 atom stereocenters. The van der Waals surface area contributed by atoms with Crippen LogP contribution in [-0.2, 0) is 11.2 Å². The number of aryl methyl sites for hydroxylation is 1. The maximum Gasteiger partial charge on any atom is 0.315 e. The monoisotopic (exact) mass is 334 g/mol. The second-order valence-corrected chi connectivity index (χ2v) is 5.84. The van der Waals surface area contributed by atoms with Crippen LogP contribution >= 0.6 is 0 Å². The molecule has 0 aliphatic carbocycles. The molecule has 0 spiro atoms. The summed E-state index contributed by atoms with van der Waals surface area (Å²) in [7, 11) is 0. The molecule has 3 rings (SSSR count). The van der Waals surface area contributed by atoms with Gasteiger partial charge in [0.2, 0.25) is 5.89 Å². The first-order valence-corrected chi connectivity index (χ1v) is 8.17. The first kappa shape index (κ1) is 16.5. The predicted molar refractivity (Wildman–Crippen MR) is 84.3 cm³/mol. The standard InChI is InChI=1S/C16H22N4O4/c1-11-18-15(24-20-11)14(12-5-9-22-10-6-12)19-16(21)17-7-4-13-3-2-8-23-13/h2-3,8,12,14H,4-7,9-10H2,1H3,(H2,17,19,21). The lowest BCUT2D eigenvalue weighted by Gasteiger charge is -2.28. The quantitative estimate of drug-likeness (QED) is 0.837. The molecule has 1 unspecified atom stereocenters. The van der Waals surface area contributed by atoms with Gasteiger partial charge in [-0.25, -0.2) is 4.79 Å². The number of carbonyl (C=O) groups excluding carboxylic acids is 1. The minimum atomic E-state index is -0.307. The molecule has 24 heavy (non-hydrogen) atoms. The van der Waals surface area contributed by atoms with Crippen molar-refractivity contribution in [3.05, 3.63) is 35.9 Å². The van der Waals surface area contributed by atoms with Crippen LogP contribution in [0.4, 0.5) is 4.79 Å². The summed E-state index contributed by atoms with van der Waals surface area (Å²) in [6.07, 6.45) is 3.95. The third kappa shape index (κ3) is 4.35. The van der Waals surface area contributed by atoms with E-state index in [4.69, 9.17) is 13.7 Å². The molecule has 1 aliphatic rings. The van der Waals surface area contributed by atoms with Crippen LogP contribution in [0.15, 0.2) is 27.3 Å². The van der Waals surface area contributed by atoms with Crippen LogP contribution in [0.2, 0.25) is 0 Å². The number of amides is 2. The highest BCUT2D eigenvalue weighted by Gasteiger charge is 2.31. The van der Waals surface area contributed by atoms with Crippen LogP contribution in [0.3, 0.4) is 0 Å². The van der Waals surface area contributed by atoms with Crippen molar-refractivity contribution in [3.63, 3.8) is 0 Å². The molecule has 0 aromatic carbocycles. The fourth-order valence-corrected chi connectivity index (χ4v) is 2.82. The molecule has 1 saturated heterocycles. The van der Waals surface area contributed by atoms with Crippen molar-refractivity contribution >= 4 is 6.03 Å². The van der Waals surface area contributed by atoms with Gasteiger partial charge >= 0.3 is 6.03 Å². The summed E-state index contributed by atoms with van der Waals surface area (Å²) in [5.41, 5.74) is 0. The molecular formula is C16H22N4O4. The lowest BCUT2D eigenvalue weighted by Crippen LogP contribution is -2.42. The number of nitrogens with zero attached hydrogens (tertiary/aromatic N) is 2. The first-order valence-electron chi connectivity index (χ1n) is 8.17. The third-order valence-electron chi connectivity index (χ3n) is 4.07. The molecule has 0 saturated carbocycles. The molecule has 1 fully saturated rings. The first-order chi connectivity index (χ1) is 11.7. The number of hydrogen-bond donors (Lipinski definition) is 2. The Kier molecular flexibility index (Phi) is 5.47. The third-order valence-corrected chi connectivity index (χ3v) is 4.07. The Balaban J connectivity index is 1.57. The largest absolute Gasteiger partial charge is 0.469 e. The summed E-state index contributed by atoms with van der Waals surface area (Å²) in [5.74, 6) is 2.06. The summed E-state index contributed by atoms with van der Waals surface area (Å²) < 4.78 is 15.9. The molecule has 3 heterocycles. The van der Waals surface area contributed by atoms with Gasteiger partial charge < -0.3 is 24.3 Å². The minimum Gasteiger partial charge on any atom is -0.469 e. The van der Waals surface area contributed by atoms with Gasteiger partial charge in [-0.2, -0.15) is 4.98 Å². The number of rotatable bonds is 6. The average molecular weight is 334 g/mol. The van der Waals surface area contributed by atoms with Crippen LogP contribution in [0.5, 0.6) is 0 Å². The zero-order chi connectivity index (χ0) is 16.8. The van der Waals surface area contributed by atoms with E-state index in [9.17, 15) is 4.79 Å². The lowest BCUT2D eigenvalue weighted by molar-refractivity contribution is 0.0503. The van der Waals surface area contributed by atoms with E-state index < -0.39 is 0 Å². The van der Waals surface area contributed by atoms with Crippen molar-refractivity contribution in [2.75, 3.05) is 19.8 Å². The molecule has 2 aromatic rings. The average Bonchev–Trinajstić information content (AvgIpc) is 3.25. The predicted octanol–water partition coefficient (Wildman–Crippen LogP) is 1.98. The van der Waals surface area contributed by atoms with E-state index >= 15 is 0 Å². The van der Waals surface area contributed by atoms with Gasteiger partial charge in [-0.3, -0.25) is 0 Å². The highest BCUT2D eigenvalue weighted by molar-refractivity contribution is 5.74. The fraction of sp³-hybridized carbons (Fsp3) is 0.562. The number of furan rings is 1. The number of aromatic nitrogens is 2. The van der Waals surface area contributed by atoms with E-state index in [-0.39, 0.29) is 18.0 Å². The highest BCUT2D eigenvalue weighted by atomic mass is 16.5. The molecule has 8 heteroatoms. The maximum atomic E-state index is 12.2. The summed E-state index contributed by atoms with van der Waals surface area (Å²) in [5, 5.41) is 9.63. The zero-order valence-corrected chi connectivity index (χ0v) is 13.7. The van der Waals surface area contributed by atoms with E-state index in [1.165, 1.54) is 0 Å². The van der Waals surface area contributed by atoms with E-state index in [0.717, 1.165) is 18.6 Å². The number of carbonyl (C=O) groups is 1. The Morgan fingerprint density at radius 1 is 1.42 bits per heavy atom. The lowest BCUT2D eigenvalue weighted by atomic mass is 9.91. The molecule has 2 aromatic heterocycles. The van der Waals surface area contributed by atoms with E-state index in [1.54, 1.807) is 13.2 Å². The molecule has 2 N–H and O–H groups in total. The van der Waals surface area contributed by atoms with Crippen LogP contribution in [-0.4, -0.2) is 35.9 Å². The summed E-state index contributed by atoms with van der Waals surface area (Å²) in [6.45, 7) is 3.60. The molecule has 130 valence electrons. The number of nitrogens with one attached hydrogen (secondary N) is 2. The van der Waals surface area contributed by atoms with Crippen molar-refractivity contribution in [2.24, 2.45) is 5.92 Å². The van der Waals surface area contributed by atoms with Crippen LogP contribution < -0.4 is 10.6 Å². The van der Waals surface area contributed by atoms with Gasteiger partial charge in [-0.05, 0) is 37.8 Å². The molecule has 2 amide bonds. The van der Waals surface area contributed by atoms with E-state index in [1.807, 2.05) is 12.1 Å². The van der Waals surface area contributed by atoms with Crippen LogP contribution in [0.25, 0.3) is 0 Å². The van der Waals surface area contributed by atoms with Crippen molar-refractivity contribution in [1.29, 1.82) is 0 Å². The Morgan fingerprint density at radius 3 is 2.92 bits per heavy atom. The van der Waals surface area contributed by atoms with Gasteiger partial charge in [0.25, 0.3) is 0 Å². The second kappa shape index (κ2) is 7.96. The van der Waals surface area contributed by atoms with Crippen molar-refractivity contribution in [1.82, 2.24) is 20.8 Å². The zero-order valence-electron chi connectivity index (χ0n) is 13.7. The topological polar surface area (TPSA) is 102 Å². The Morgan fingerprint density at radius 2 is 2.25 bits per heavy atom. The number of urea groups is 1. The van der Waals surface area contributed by atoms with E-state index in [0.29, 0.717) is 37.9 Å². The van der Waals surface area contributed by atoms with Crippen molar-refractivity contribution < 1.29 is 18.5 Å². The summed E-state index contributed by atoms with van der Waals surface area (Å²) in [6, 6.07) is 3.15. The van der Waals surface area contributed by atoms with Crippen LogP contribution in [0, 0.1) is 12.8 Å². The normalized spacial score (nSPS) is 16.7. The van der Waals surface area contributed by atoms with Gasteiger partial charge in [0, 0.05) is 26.2 Å². The molecule has 0 radical (unpaired) electrons. The van der Waals surface area contributed by atoms with Gasteiger partial charge in [-0.1, -0.05) is 5.16 Å². The van der Waals surface area contributed by atoms with Gasteiger partial charge in [0.15, 0.2) is 5.82 Å². The van der Waals surface area contributed by atoms with Gasteiger partial charge in [-0.15, -0.1) is 0 Å². The Labute approximate surface area is 139 Å². The molecule has 0 bridgehead atoms. The number of hydrogen-bond acceptors (Lipinski definition) is 6. The van der Waals surface area contributed by atoms with Gasteiger partial charge in [0.1, 0.15) is 11.8 Å². The highest BCUT2D eigenvalue weighted by Crippen LogP contribution is 2.29. The SMILES string of the molecule is Cc1noc(C(NC(=O)NCCc2ccco2)C2CCOCC2)n1. The number of ether oxygens (including phenoxy) is 1. The van der Waals surface area contributed by atoms with Crippen LogP contribution in [0.1, 0.15) is 36.4 Å².